The summed E-state index contributed by atoms with van der Waals surface area (Å²) in [5, 5.41) is 3.93. The molecule has 3 fully saturated rings. The van der Waals surface area contributed by atoms with Crippen molar-refractivity contribution in [3.05, 3.63) is 0 Å². The number of nitrogens with one attached hydrogen (secondary N) is 1. The van der Waals surface area contributed by atoms with Gasteiger partial charge in [-0.25, -0.2) is 0 Å². The summed E-state index contributed by atoms with van der Waals surface area (Å²) in [5.74, 6) is 2.93. The zero-order valence-electron chi connectivity index (χ0n) is 19.4. The molecule has 2 saturated carbocycles. The van der Waals surface area contributed by atoms with E-state index in [-0.39, 0.29) is 0 Å². The topological polar surface area (TPSA) is 36.8 Å². The highest BCUT2D eigenvalue weighted by atomic mass is 15.0. The van der Waals surface area contributed by atoms with Gasteiger partial charge in [0.1, 0.15) is 0 Å². The number of hydrogen-bond donors (Lipinski definition) is 1. The standard InChI is InChI=1S/C25H45N3/c1-16-10-7-11-17(2)24(16)26-20(5)22-14-9-15-23(28-22)21(6)27-25-18(3)12-8-13-19(25)4/h16-19,22-25,28H,7-15H2,1-6H3. The summed E-state index contributed by atoms with van der Waals surface area (Å²) in [6, 6.07) is 1.92. The van der Waals surface area contributed by atoms with Gasteiger partial charge in [-0.2, -0.15) is 0 Å². The Labute approximate surface area is 174 Å². The number of piperidine rings is 1. The maximum Gasteiger partial charge on any atom is 0.0550 e. The maximum absolute atomic E-state index is 5.27. The molecule has 3 heteroatoms. The van der Waals surface area contributed by atoms with Crippen LogP contribution < -0.4 is 5.32 Å². The predicted octanol–water partition coefficient (Wildman–Crippen LogP) is 6.07. The first-order valence-corrected chi connectivity index (χ1v) is 12.2. The summed E-state index contributed by atoms with van der Waals surface area (Å²) in [7, 11) is 0. The monoisotopic (exact) mass is 387 g/mol. The molecule has 0 bridgehead atoms. The first-order chi connectivity index (χ1) is 13.4. The Morgan fingerprint density at radius 1 is 0.571 bits per heavy atom. The van der Waals surface area contributed by atoms with Crippen molar-refractivity contribution in [3.8, 4) is 0 Å². The lowest BCUT2D eigenvalue weighted by Gasteiger charge is -2.36. The van der Waals surface area contributed by atoms with Crippen molar-refractivity contribution in [2.24, 2.45) is 33.7 Å². The molecule has 0 aromatic rings. The second kappa shape index (κ2) is 9.87. The van der Waals surface area contributed by atoms with Crippen molar-refractivity contribution in [2.75, 3.05) is 0 Å². The summed E-state index contributed by atoms with van der Waals surface area (Å²) in [6.45, 7) is 14.1. The minimum absolute atomic E-state index is 0.437. The van der Waals surface area contributed by atoms with E-state index in [1.54, 1.807) is 0 Å². The van der Waals surface area contributed by atoms with Gasteiger partial charge in [-0.15, -0.1) is 0 Å². The molecule has 28 heavy (non-hydrogen) atoms. The van der Waals surface area contributed by atoms with Crippen LogP contribution in [0.25, 0.3) is 0 Å². The molecule has 0 spiro atoms. The van der Waals surface area contributed by atoms with Crippen molar-refractivity contribution in [1.29, 1.82) is 0 Å². The van der Waals surface area contributed by atoms with Gasteiger partial charge < -0.3 is 5.32 Å². The fourth-order valence-corrected chi connectivity index (χ4v) is 6.08. The molecule has 6 atom stereocenters. The number of rotatable bonds is 4. The van der Waals surface area contributed by atoms with Crippen LogP contribution in [-0.4, -0.2) is 35.6 Å². The Kier molecular flexibility index (Phi) is 7.75. The molecule has 0 aromatic carbocycles. The van der Waals surface area contributed by atoms with E-state index in [9.17, 15) is 0 Å². The van der Waals surface area contributed by atoms with Crippen LogP contribution in [0.5, 0.6) is 0 Å². The van der Waals surface area contributed by atoms with Gasteiger partial charge in [-0.1, -0.05) is 40.5 Å². The maximum atomic E-state index is 5.27. The summed E-state index contributed by atoms with van der Waals surface area (Å²) < 4.78 is 0. The van der Waals surface area contributed by atoms with Crippen molar-refractivity contribution in [3.63, 3.8) is 0 Å². The molecule has 0 aromatic heterocycles. The van der Waals surface area contributed by atoms with Gasteiger partial charge in [0, 0.05) is 23.5 Å². The lowest BCUT2D eigenvalue weighted by molar-refractivity contribution is 0.250. The zero-order valence-corrected chi connectivity index (χ0v) is 19.4. The molecule has 0 radical (unpaired) electrons. The van der Waals surface area contributed by atoms with E-state index in [1.807, 2.05) is 0 Å². The van der Waals surface area contributed by atoms with Gasteiger partial charge in [0.25, 0.3) is 0 Å². The van der Waals surface area contributed by atoms with Gasteiger partial charge in [-0.05, 0) is 82.5 Å². The Bertz CT molecular complexity index is 498. The van der Waals surface area contributed by atoms with E-state index < -0.39 is 0 Å². The highest BCUT2D eigenvalue weighted by Gasteiger charge is 2.31. The SMILES string of the molecule is CC(=NC1C(C)CCCC1C)C1CCCC(C(C)=NC2C(C)CCCC2C)N1. The van der Waals surface area contributed by atoms with E-state index in [0.717, 1.165) is 23.7 Å². The Morgan fingerprint density at radius 2 is 0.893 bits per heavy atom. The fourth-order valence-electron chi connectivity index (χ4n) is 6.08. The lowest BCUT2D eigenvalue weighted by atomic mass is 9.78. The molecule has 160 valence electrons. The lowest BCUT2D eigenvalue weighted by Crippen LogP contribution is -2.50. The van der Waals surface area contributed by atoms with Crippen LogP contribution >= 0.6 is 0 Å². The Hall–Kier alpha value is -0.700. The summed E-state index contributed by atoms with van der Waals surface area (Å²) in [4.78, 5) is 10.5. The highest BCUT2D eigenvalue weighted by Crippen LogP contribution is 2.33. The molecular weight excluding hydrogens is 342 g/mol. The van der Waals surface area contributed by atoms with E-state index in [4.69, 9.17) is 9.98 Å². The molecule has 1 aliphatic heterocycles. The van der Waals surface area contributed by atoms with Crippen LogP contribution in [0.3, 0.4) is 0 Å². The third kappa shape index (κ3) is 5.26. The second-order valence-electron chi connectivity index (χ2n) is 10.5. The van der Waals surface area contributed by atoms with Crippen LogP contribution in [0.1, 0.15) is 99.3 Å². The smallest absolute Gasteiger partial charge is 0.0550 e. The molecule has 3 aliphatic rings. The van der Waals surface area contributed by atoms with Gasteiger partial charge >= 0.3 is 0 Å². The van der Waals surface area contributed by atoms with E-state index in [0.29, 0.717) is 24.2 Å². The van der Waals surface area contributed by atoms with E-state index >= 15 is 0 Å². The first-order valence-electron chi connectivity index (χ1n) is 12.2. The molecule has 0 amide bonds. The van der Waals surface area contributed by atoms with E-state index in [1.165, 1.54) is 69.2 Å². The minimum atomic E-state index is 0.437. The molecule has 1 heterocycles. The van der Waals surface area contributed by atoms with Gasteiger partial charge in [-0.3, -0.25) is 9.98 Å². The van der Waals surface area contributed by atoms with E-state index in [2.05, 4.69) is 46.9 Å². The molecular formula is C25H45N3. The summed E-state index contributed by atoms with van der Waals surface area (Å²) in [5.41, 5.74) is 2.67. The minimum Gasteiger partial charge on any atom is -0.301 e. The summed E-state index contributed by atoms with van der Waals surface area (Å²) in [6.07, 6.45) is 11.9. The fraction of sp³-hybridized carbons (Fsp3) is 0.920. The van der Waals surface area contributed by atoms with Crippen LogP contribution in [0.4, 0.5) is 0 Å². The van der Waals surface area contributed by atoms with Crippen molar-refractivity contribution in [2.45, 2.75) is 123 Å². The van der Waals surface area contributed by atoms with Crippen molar-refractivity contribution in [1.82, 2.24) is 5.32 Å². The normalized spacial score (nSPS) is 43.8. The zero-order chi connectivity index (χ0) is 20.3. The largest absolute Gasteiger partial charge is 0.301 e. The molecule has 1 saturated heterocycles. The van der Waals surface area contributed by atoms with Crippen molar-refractivity contribution >= 4 is 11.4 Å². The van der Waals surface area contributed by atoms with Crippen molar-refractivity contribution < 1.29 is 0 Å². The Balaban J connectivity index is 1.66. The van der Waals surface area contributed by atoms with Gasteiger partial charge in [0.15, 0.2) is 0 Å². The molecule has 3 nitrogen and oxygen atoms in total. The number of hydrogen-bond acceptors (Lipinski definition) is 3. The van der Waals surface area contributed by atoms with Gasteiger partial charge in [0.05, 0.1) is 12.1 Å². The third-order valence-electron chi connectivity index (χ3n) is 8.07. The average molecular weight is 388 g/mol. The first kappa shape index (κ1) is 22.0. The van der Waals surface area contributed by atoms with Gasteiger partial charge in [0.2, 0.25) is 0 Å². The molecule has 2 aliphatic carbocycles. The quantitative estimate of drug-likeness (QED) is 0.584. The van der Waals surface area contributed by atoms with Crippen LogP contribution in [0.2, 0.25) is 0 Å². The predicted molar refractivity (Wildman–Crippen MR) is 123 cm³/mol. The number of nitrogens with zero attached hydrogens (tertiary/aromatic N) is 2. The highest BCUT2D eigenvalue weighted by molar-refractivity contribution is 5.91. The van der Waals surface area contributed by atoms with Crippen LogP contribution in [0, 0.1) is 23.7 Å². The number of aliphatic imine (C=N–C) groups is 2. The molecule has 6 unspecified atom stereocenters. The molecule has 1 N–H and O–H groups in total. The Morgan fingerprint density at radius 3 is 1.25 bits per heavy atom. The van der Waals surface area contributed by atoms with Crippen LogP contribution in [0.15, 0.2) is 9.98 Å². The average Bonchev–Trinajstić information content (AvgIpc) is 2.67. The molecule has 3 rings (SSSR count). The van der Waals surface area contributed by atoms with Crippen LogP contribution in [-0.2, 0) is 0 Å². The second-order valence-corrected chi connectivity index (χ2v) is 10.5. The summed E-state index contributed by atoms with van der Waals surface area (Å²) >= 11 is 0. The third-order valence-corrected chi connectivity index (χ3v) is 8.07.